The van der Waals surface area contributed by atoms with Crippen LogP contribution in [0.3, 0.4) is 0 Å². The van der Waals surface area contributed by atoms with Gasteiger partial charge in [0.1, 0.15) is 11.6 Å². The zero-order valence-electron chi connectivity index (χ0n) is 18.3. The molecule has 0 aromatic heterocycles. The molecule has 3 aromatic carbocycles. The van der Waals surface area contributed by atoms with Crippen LogP contribution in [0.4, 0.5) is 0 Å². The summed E-state index contributed by atoms with van der Waals surface area (Å²) >= 11 is 25.5. The second kappa shape index (κ2) is 12.9. The molecule has 34 heavy (non-hydrogen) atoms. The van der Waals surface area contributed by atoms with Crippen molar-refractivity contribution in [3.05, 3.63) is 117 Å². The Morgan fingerprint density at radius 1 is 0.853 bits per heavy atom. The summed E-state index contributed by atoms with van der Waals surface area (Å²) in [6.07, 6.45) is 4.67. The first-order chi connectivity index (χ1) is 16.0. The van der Waals surface area contributed by atoms with Crippen molar-refractivity contribution in [2.24, 2.45) is 0 Å². The molecule has 0 amide bonds. The van der Waals surface area contributed by atoms with Gasteiger partial charge in [-0.05, 0) is 47.4 Å². The summed E-state index contributed by atoms with van der Waals surface area (Å²) in [6, 6.07) is 23.4. The van der Waals surface area contributed by atoms with E-state index < -0.39 is 11.6 Å². The molecule has 0 N–H and O–H groups in total. The van der Waals surface area contributed by atoms with Crippen molar-refractivity contribution in [3.63, 3.8) is 0 Å². The van der Waals surface area contributed by atoms with Gasteiger partial charge in [0.25, 0.3) is 0 Å². The van der Waals surface area contributed by atoms with Crippen molar-refractivity contribution in [1.82, 2.24) is 9.80 Å². The second-order valence-electron chi connectivity index (χ2n) is 7.89. The van der Waals surface area contributed by atoms with Gasteiger partial charge in [-0.15, -0.1) is 12.4 Å². The predicted octanol–water partition coefficient (Wildman–Crippen LogP) is 8.18. The molecule has 3 aromatic rings. The van der Waals surface area contributed by atoms with E-state index >= 15 is 0 Å². The maximum absolute atomic E-state index is 6.98. The number of benzene rings is 3. The molecule has 0 radical (unpaired) electrons. The van der Waals surface area contributed by atoms with Gasteiger partial charge >= 0.3 is 0 Å². The summed E-state index contributed by atoms with van der Waals surface area (Å²) in [6.45, 7) is 1.91. The molecule has 0 aliphatic carbocycles. The standard InChI is InChI=1S/C26H24Cl4N2O.ClH/c27-22-9-6-20(7-10-22)25(33-17-21-8-11-23(28)16-24(21)29)26(30)32-15-14-31(18-32)13-12-19-4-2-1-3-5-19;/h1-11,14-16,25-26H,12-13,17-18H2;1H. The van der Waals surface area contributed by atoms with Crippen molar-refractivity contribution in [1.29, 1.82) is 0 Å². The lowest BCUT2D eigenvalue weighted by molar-refractivity contribution is 0.00688. The van der Waals surface area contributed by atoms with E-state index in [4.69, 9.17) is 51.1 Å². The molecule has 1 heterocycles. The summed E-state index contributed by atoms with van der Waals surface area (Å²) in [5.74, 6) is 0. The summed E-state index contributed by atoms with van der Waals surface area (Å²) in [7, 11) is 0. The van der Waals surface area contributed by atoms with Gasteiger partial charge in [-0.2, -0.15) is 0 Å². The Kier molecular flexibility index (Phi) is 10.3. The molecule has 0 bridgehead atoms. The fourth-order valence-electron chi connectivity index (χ4n) is 3.69. The SMILES string of the molecule is Cl.Clc1ccc(C(OCc2ccc(Cl)cc2Cl)C(Cl)N2C=CN(CCc3ccccc3)C2)cc1. The smallest absolute Gasteiger partial charge is 0.135 e. The van der Waals surface area contributed by atoms with E-state index in [-0.39, 0.29) is 12.4 Å². The molecule has 0 saturated heterocycles. The van der Waals surface area contributed by atoms with Crippen LogP contribution in [0.2, 0.25) is 15.1 Å². The molecule has 0 spiro atoms. The van der Waals surface area contributed by atoms with Crippen molar-refractivity contribution < 1.29 is 4.74 Å². The van der Waals surface area contributed by atoms with Gasteiger partial charge in [-0.25, -0.2) is 0 Å². The molecule has 2 atom stereocenters. The molecule has 2 unspecified atom stereocenters. The third kappa shape index (κ3) is 7.21. The fourth-order valence-corrected chi connectivity index (χ4v) is 4.62. The highest BCUT2D eigenvalue weighted by Gasteiger charge is 2.29. The number of nitrogens with zero attached hydrogens (tertiary/aromatic N) is 2. The van der Waals surface area contributed by atoms with Crippen LogP contribution in [0, 0.1) is 0 Å². The molecule has 8 heteroatoms. The van der Waals surface area contributed by atoms with Gasteiger partial charge in [0.2, 0.25) is 0 Å². The Hall–Kier alpha value is -1.59. The van der Waals surface area contributed by atoms with Crippen molar-refractivity contribution in [2.45, 2.75) is 24.6 Å². The number of halogens is 5. The molecular formula is C26H25Cl5N2O. The van der Waals surface area contributed by atoms with Gasteiger partial charge in [0, 0.05) is 34.0 Å². The van der Waals surface area contributed by atoms with Gasteiger partial charge in [0.15, 0.2) is 0 Å². The van der Waals surface area contributed by atoms with E-state index in [0.29, 0.717) is 28.3 Å². The summed E-state index contributed by atoms with van der Waals surface area (Å²) in [5, 5.41) is 1.82. The molecule has 1 aliphatic heterocycles. The van der Waals surface area contributed by atoms with E-state index in [1.54, 1.807) is 12.1 Å². The zero-order valence-corrected chi connectivity index (χ0v) is 22.1. The zero-order chi connectivity index (χ0) is 23.2. The summed E-state index contributed by atoms with van der Waals surface area (Å²) in [4.78, 5) is 4.33. The largest absolute Gasteiger partial charge is 0.365 e. The van der Waals surface area contributed by atoms with Crippen LogP contribution in [0.15, 0.2) is 85.2 Å². The molecule has 180 valence electrons. The number of alkyl halides is 1. The van der Waals surface area contributed by atoms with Crippen molar-refractivity contribution >= 4 is 58.8 Å². The minimum atomic E-state index is -0.421. The molecular weight excluding hydrogens is 534 g/mol. The Labute approximate surface area is 227 Å². The van der Waals surface area contributed by atoms with Gasteiger partial charge in [-0.3, -0.25) is 0 Å². The number of hydrogen-bond donors (Lipinski definition) is 0. The topological polar surface area (TPSA) is 15.7 Å². The highest BCUT2D eigenvalue weighted by atomic mass is 35.5. The van der Waals surface area contributed by atoms with Gasteiger partial charge < -0.3 is 14.5 Å². The van der Waals surface area contributed by atoms with E-state index in [0.717, 1.165) is 24.1 Å². The molecule has 4 rings (SSSR count). The molecule has 0 fully saturated rings. The maximum atomic E-state index is 6.98. The Balaban J connectivity index is 0.00000324. The third-order valence-electron chi connectivity index (χ3n) is 5.54. The molecule has 3 nitrogen and oxygen atoms in total. The van der Waals surface area contributed by atoms with Crippen molar-refractivity contribution in [2.75, 3.05) is 13.2 Å². The predicted molar refractivity (Wildman–Crippen MR) is 145 cm³/mol. The van der Waals surface area contributed by atoms with Crippen LogP contribution in [-0.4, -0.2) is 28.5 Å². The lowest BCUT2D eigenvalue weighted by Gasteiger charge is -2.31. The summed E-state index contributed by atoms with van der Waals surface area (Å²) < 4.78 is 6.32. The number of hydrogen-bond acceptors (Lipinski definition) is 3. The quantitative estimate of drug-likeness (QED) is 0.195. The van der Waals surface area contributed by atoms with E-state index in [9.17, 15) is 0 Å². The Bertz CT molecular complexity index is 1080. The minimum Gasteiger partial charge on any atom is -0.365 e. The van der Waals surface area contributed by atoms with Crippen LogP contribution >= 0.6 is 58.8 Å². The second-order valence-corrected chi connectivity index (χ2v) is 9.62. The average Bonchev–Trinajstić information content (AvgIpc) is 3.30. The monoisotopic (exact) mass is 556 g/mol. The average molecular weight is 559 g/mol. The number of rotatable bonds is 9. The van der Waals surface area contributed by atoms with Crippen LogP contribution < -0.4 is 0 Å². The first kappa shape index (κ1) is 27.0. The van der Waals surface area contributed by atoms with E-state index in [1.807, 2.05) is 42.6 Å². The molecule has 1 aliphatic rings. The Morgan fingerprint density at radius 2 is 1.56 bits per heavy atom. The van der Waals surface area contributed by atoms with E-state index in [2.05, 4.69) is 40.3 Å². The lowest BCUT2D eigenvalue weighted by atomic mass is 10.1. The van der Waals surface area contributed by atoms with Crippen LogP contribution in [0.25, 0.3) is 0 Å². The summed E-state index contributed by atoms with van der Waals surface area (Å²) in [5.41, 5.74) is 2.69. The first-order valence-electron chi connectivity index (χ1n) is 10.7. The first-order valence-corrected chi connectivity index (χ1v) is 12.2. The van der Waals surface area contributed by atoms with Crippen LogP contribution in [0.5, 0.6) is 0 Å². The van der Waals surface area contributed by atoms with Gasteiger partial charge in [-0.1, -0.05) is 94.9 Å². The lowest BCUT2D eigenvalue weighted by Crippen LogP contribution is -2.36. The van der Waals surface area contributed by atoms with Crippen LogP contribution in [0.1, 0.15) is 22.8 Å². The minimum absolute atomic E-state index is 0. The van der Waals surface area contributed by atoms with E-state index in [1.165, 1.54) is 5.56 Å². The highest BCUT2D eigenvalue weighted by molar-refractivity contribution is 6.35. The molecule has 0 saturated carbocycles. The normalized spacial score (nSPS) is 14.7. The van der Waals surface area contributed by atoms with Crippen LogP contribution in [-0.2, 0) is 17.8 Å². The van der Waals surface area contributed by atoms with Gasteiger partial charge in [0.05, 0.1) is 13.3 Å². The maximum Gasteiger partial charge on any atom is 0.135 e. The third-order valence-corrected chi connectivity index (χ3v) is 6.86. The number of ether oxygens (including phenoxy) is 1. The Morgan fingerprint density at radius 3 is 2.26 bits per heavy atom. The van der Waals surface area contributed by atoms with Crippen molar-refractivity contribution in [3.8, 4) is 0 Å². The highest BCUT2D eigenvalue weighted by Crippen LogP contribution is 2.32. The fraction of sp³-hybridized carbons (Fsp3) is 0.231.